The van der Waals surface area contributed by atoms with Crippen molar-refractivity contribution in [1.29, 1.82) is 0 Å². The van der Waals surface area contributed by atoms with Crippen LogP contribution in [-0.4, -0.2) is 30.2 Å². The first-order valence-corrected chi connectivity index (χ1v) is 8.15. The summed E-state index contributed by atoms with van der Waals surface area (Å²) in [6, 6.07) is 6.30. The van der Waals surface area contributed by atoms with Gasteiger partial charge in [0.1, 0.15) is 4.90 Å². The predicted octanol–water partition coefficient (Wildman–Crippen LogP) is 1.29. The predicted molar refractivity (Wildman–Crippen MR) is 77.7 cm³/mol. The van der Waals surface area contributed by atoms with Gasteiger partial charge in [-0.05, 0) is 30.4 Å². The molecule has 5 nitrogen and oxygen atoms in total. The van der Waals surface area contributed by atoms with Gasteiger partial charge in [0.2, 0.25) is 0 Å². The van der Waals surface area contributed by atoms with Crippen molar-refractivity contribution in [3.8, 4) is 0 Å². The molecule has 1 fully saturated rings. The molecule has 0 saturated heterocycles. The standard InChI is InChI=1S/C13H14N2O3S2/c14-11(19)7-13(5-6-13)8-15-12(16)9-3-1-2-4-10(9)20(15,17)18/h1-4H,5-8H2,(H2,14,19). The van der Waals surface area contributed by atoms with E-state index in [4.69, 9.17) is 18.0 Å². The van der Waals surface area contributed by atoms with Gasteiger partial charge in [0, 0.05) is 13.0 Å². The Balaban J connectivity index is 1.93. The highest BCUT2D eigenvalue weighted by molar-refractivity contribution is 7.90. The average molecular weight is 310 g/mol. The summed E-state index contributed by atoms with van der Waals surface area (Å²) in [5.41, 5.74) is 5.55. The van der Waals surface area contributed by atoms with Crippen LogP contribution in [-0.2, 0) is 10.0 Å². The second kappa shape index (κ2) is 4.26. The minimum Gasteiger partial charge on any atom is -0.393 e. The molecule has 0 bridgehead atoms. The van der Waals surface area contributed by atoms with E-state index in [1.54, 1.807) is 18.2 Å². The zero-order valence-corrected chi connectivity index (χ0v) is 12.3. The number of carbonyl (C=O) groups is 1. The van der Waals surface area contributed by atoms with Crippen LogP contribution in [0, 0.1) is 5.41 Å². The average Bonchev–Trinajstić information content (AvgIpc) is 3.10. The van der Waals surface area contributed by atoms with Gasteiger partial charge in [0.25, 0.3) is 15.9 Å². The van der Waals surface area contributed by atoms with Gasteiger partial charge in [-0.25, -0.2) is 12.7 Å². The molecule has 0 aromatic heterocycles. The first-order chi connectivity index (χ1) is 9.36. The highest BCUT2D eigenvalue weighted by Crippen LogP contribution is 2.50. The molecule has 0 spiro atoms. The molecule has 1 saturated carbocycles. The highest BCUT2D eigenvalue weighted by atomic mass is 32.2. The quantitative estimate of drug-likeness (QED) is 0.848. The van der Waals surface area contributed by atoms with Crippen molar-refractivity contribution in [3.63, 3.8) is 0 Å². The molecule has 1 aliphatic heterocycles. The van der Waals surface area contributed by atoms with E-state index in [2.05, 4.69) is 0 Å². The molecule has 0 atom stereocenters. The Bertz CT molecular complexity index is 708. The molecule has 1 aromatic carbocycles. The molecule has 1 aromatic rings. The number of hydrogen-bond donors (Lipinski definition) is 1. The van der Waals surface area contributed by atoms with E-state index in [0.29, 0.717) is 11.4 Å². The highest BCUT2D eigenvalue weighted by Gasteiger charge is 2.50. The first-order valence-electron chi connectivity index (χ1n) is 6.30. The molecule has 1 amide bonds. The summed E-state index contributed by atoms with van der Waals surface area (Å²) in [4.78, 5) is 12.7. The Kier molecular flexibility index (Phi) is 2.88. The van der Waals surface area contributed by atoms with E-state index in [1.165, 1.54) is 6.07 Å². The number of benzene rings is 1. The van der Waals surface area contributed by atoms with Crippen molar-refractivity contribution in [2.45, 2.75) is 24.2 Å². The summed E-state index contributed by atoms with van der Waals surface area (Å²) >= 11 is 4.91. The lowest BCUT2D eigenvalue weighted by Crippen LogP contribution is -2.36. The van der Waals surface area contributed by atoms with Crippen LogP contribution >= 0.6 is 12.2 Å². The lowest BCUT2D eigenvalue weighted by Gasteiger charge is -2.22. The lowest BCUT2D eigenvalue weighted by atomic mass is 10.0. The number of nitrogens with two attached hydrogens (primary N) is 1. The van der Waals surface area contributed by atoms with E-state index < -0.39 is 15.9 Å². The molecule has 106 valence electrons. The van der Waals surface area contributed by atoms with Gasteiger partial charge in [0.05, 0.1) is 10.6 Å². The smallest absolute Gasteiger partial charge is 0.269 e. The summed E-state index contributed by atoms with van der Waals surface area (Å²) in [6.07, 6.45) is 2.18. The lowest BCUT2D eigenvalue weighted by molar-refractivity contribution is 0.0852. The van der Waals surface area contributed by atoms with Crippen LogP contribution < -0.4 is 5.73 Å². The van der Waals surface area contributed by atoms with Crippen LogP contribution in [0.25, 0.3) is 0 Å². The molecule has 2 N–H and O–H groups in total. The molecule has 3 rings (SSSR count). The number of fused-ring (bicyclic) bond motifs is 1. The van der Waals surface area contributed by atoms with E-state index in [0.717, 1.165) is 17.1 Å². The molecular weight excluding hydrogens is 296 g/mol. The van der Waals surface area contributed by atoms with E-state index in [9.17, 15) is 13.2 Å². The van der Waals surface area contributed by atoms with E-state index >= 15 is 0 Å². The summed E-state index contributed by atoms with van der Waals surface area (Å²) in [5.74, 6) is -0.449. The van der Waals surface area contributed by atoms with Gasteiger partial charge in [-0.1, -0.05) is 24.4 Å². The Morgan fingerprint density at radius 1 is 1.35 bits per heavy atom. The zero-order valence-electron chi connectivity index (χ0n) is 10.7. The molecule has 20 heavy (non-hydrogen) atoms. The van der Waals surface area contributed by atoms with E-state index in [1.807, 2.05) is 0 Å². The maximum atomic E-state index is 12.4. The molecule has 0 radical (unpaired) electrons. The van der Waals surface area contributed by atoms with Gasteiger partial charge in [0.15, 0.2) is 0 Å². The first kappa shape index (κ1) is 13.5. The third kappa shape index (κ3) is 2.01. The zero-order chi connectivity index (χ0) is 14.5. The van der Waals surface area contributed by atoms with Crippen LogP contribution in [0.15, 0.2) is 29.2 Å². The monoisotopic (exact) mass is 310 g/mol. The van der Waals surface area contributed by atoms with E-state index in [-0.39, 0.29) is 22.4 Å². The van der Waals surface area contributed by atoms with Crippen molar-refractivity contribution in [2.24, 2.45) is 11.1 Å². The van der Waals surface area contributed by atoms with Gasteiger partial charge in [-0.3, -0.25) is 4.79 Å². The fraction of sp³-hybridized carbons (Fsp3) is 0.385. The van der Waals surface area contributed by atoms with Gasteiger partial charge < -0.3 is 5.73 Å². The van der Waals surface area contributed by atoms with Gasteiger partial charge >= 0.3 is 0 Å². The van der Waals surface area contributed by atoms with Crippen molar-refractivity contribution in [3.05, 3.63) is 29.8 Å². The summed E-state index contributed by atoms with van der Waals surface area (Å²) in [7, 11) is -3.72. The van der Waals surface area contributed by atoms with Gasteiger partial charge in [-0.15, -0.1) is 0 Å². The minimum atomic E-state index is -3.72. The Morgan fingerprint density at radius 3 is 2.55 bits per heavy atom. The third-order valence-corrected chi connectivity index (χ3v) is 5.83. The summed E-state index contributed by atoms with van der Waals surface area (Å²) < 4.78 is 25.8. The molecule has 7 heteroatoms. The number of hydrogen-bond acceptors (Lipinski definition) is 4. The number of carbonyl (C=O) groups excluding carboxylic acids is 1. The second-order valence-corrected chi connectivity index (χ2v) is 7.81. The summed E-state index contributed by atoms with van der Waals surface area (Å²) in [6.45, 7) is 0.167. The largest absolute Gasteiger partial charge is 0.393 e. The van der Waals surface area contributed by atoms with Crippen LogP contribution in [0.1, 0.15) is 29.6 Å². The number of sulfonamides is 1. The van der Waals surface area contributed by atoms with Gasteiger partial charge in [-0.2, -0.15) is 0 Å². The molecule has 1 heterocycles. The maximum Gasteiger partial charge on any atom is 0.269 e. The summed E-state index contributed by atoms with van der Waals surface area (Å²) in [5, 5.41) is 0. The minimum absolute atomic E-state index is 0.0936. The van der Waals surface area contributed by atoms with Crippen molar-refractivity contribution >= 4 is 33.1 Å². The number of amides is 1. The second-order valence-electron chi connectivity index (χ2n) is 5.46. The Morgan fingerprint density at radius 2 is 2.00 bits per heavy atom. The maximum absolute atomic E-state index is 12.4. The Labute approximate surface area is 122 Å². The normalized spacial score (nSPS) is 21.6. The van der Waals surface area contributed by atoms with Crippen LogP contribution in [0.5, 0.6) is 0 Å². The number of thiocarbonyl (C=S) groups is 1. The van der Waals surface area contributed by atoms with Crippen molar-refractivity contribution in [1.82, 2.24) is 4.31 Å². The third-order valence-electron chi connectivity index (χ3n) is 3.90. The SMILES string of the molecule is NC(=S)CC1(CN2C(=O)c3ccccc3S2(=O)=O)CC1. The van der Waals surface area contributed by atoms with Crippen molar-refractivity contribution < 1.29 is 13.2 Å². The fourth-order valence-electron chi connectivity index (χ4n) is 2.63. The Hall–Kier alpha value is -1.47. The topological polar surface area (TPSA) is 80.5 Å². The number of rotatable bonds is 4. The fourth-order valence-corrected chi connectivity index (χ4v) is 4.62. The van der Waals surface area contributed by atoms with Crippen LogP contribution in [0.2, 0.25) is 0 Å². The molecule has 0 unspecified atom stereocenters. The number of nitrogens with zero attached hydrogens (tertiary/aromatic N) is 1. The van der Waals surface area contributed by atoms with Crippen molar-refractivity contribution in [2.75, 3.05) is 6.54 Å². The van der Waals surface area contributed by atoms with Crippen LogP contribution in [0.3, 0.4) is 0 Å². The molecule has 2 aliphatic rings. The molecule has 1 aliphatic carbocycles. The molecular formula is C13H14N2O3S2. The van der Waals surface area contributed by atoms with Crippen LogP contribution in [0.4, 0.5) is 0 Å².